The smallest absolute Gasteiger partial charge is 0.227 e. The van der Waals surface area contributed by atoms with E-state index in [2.05, 4.69) is 75.7 Å². The maximum Gasteiger partial charge on any atom is 0.227 e. The van der Waals surface area contributed by atoms with Crippen LogP contribution in [0.3, 0.4) is 0 Å². The van der Waals surface area contributed by atoms with Crippen molar-refractivity contribution >= 4 is 27.8 Å². The molecule has 1 aliphatic rings. The van der Waals surface area contributed by atoms with Crippen LogP contribution in [0.15, 0.2) is 28.7 Å². The quantitative estimate of drug-likeness (QED) is 0.545. The molecule has 0 unspecified atom stereocenters. The molecule has 4 rings (SSSR count). The summed E-state index contributed by atoms with van der Waals surface area (Å²) >= 11 is 0. The standard InChI is InChI=1S/C22H28N2O/c1-13-8-10-16-17-11-9-14(2)23-20(17)25-19(16)18(13)24-15(3)21(4,5)12-22(24,6)7/h8-11,15H,12H2,1-7H3/t15-/m0/s1. The highest BCUT2D eigenvalue weighted by Gasteiger charge is 2.49. The summed E-state index contributed by atoms with van der Waals surface area (Å²) in [5, 5.41) is 2.27. The first-order valence-corrected chi connectivity index (χ1v) is 9.21. The third kappa shape index (κ3) is 2.28. The van der Waals surface area contributed by atoms with Crippen molar-refractivity contribution in [2.45, 2.75) is 66.5 Å². The number of benzene rings is 1. The Kier molecular flexibility index (Phi) is 3.29. The van der Waals surface area contributed by atoms with Gasteiger partial charge in [-0.15, -0.1) is 0 Å². The zero-order chi connectivity index (χ0) is 18.1. The predicted octanol–water partition coefficient (Wildman–Crippen LogP) is 6.00. The molecule has 0 aliphatic carbocycles. The second kappa shape index (κ2) is 5.00. The van der Waals surface area contributed by atoms with Crippen molar-refractivity contribution in [1.82, 2.24) is 4.98 Å². The van der Waals surface area contributed by atoms with E-state index < -0.39 is 0 Å². The molecular weight excluding hydrogens is 308 g/mol. The van der Waals surface area contributed by atoms with Crippen LogP contribution >= 0.6 is 0 Å². The molecule has 3 nitrogen and oxygen atoms in total. The van der Waals surface area contributed by atoms with Crippen LogP contribution < -0.4 is 4.90 Å². The summed E-state index contributed by atoms with van der Waals surface area (Å²) in [5.41, 5.74) is 5.55. The molecule has 0 N–H and O–H groups in total. The molecule has 25 heavy (non-hydrogen) atoms. The summed E-state index contributed by atoms with van der Waals surface area (Å²) in [7, 11) is 0. The SMILES string of the molecule is Cc1ccc2c(n1)oc1c(N3[C@@H](C)C(C)(C)CC3(C)C)c(C)ccc12. The van der Waals surface area contributed by atoms with Crippen LogP contribution in [0.5, 0.6) is 0 Å². The zero-order valence-corrected chi connectivity index (χ0v) is 16.4. The molecule has 0 radical (unpaired) electrons. The summed E-state index contributed by atoms with van der Waals surface area (Å²) in [6, 6.07) is 9.03. The van der Waals surface area contributed by atoms with Crippen molar-refractivity contribution < 1.29 is 4.42 Å². The Bertz CT molecular complexity index is 981. The fourth-order valence-corrected chi connectivity index (χ4v) is 4.91. The summed E-state index contributed by atoms with van der Waals surface area (Å²) in [6.07, 6.45) is 1.16. The van der Waals surface area contributed by atoms with Gasteiger partial charge in [0.25, 0.3) is 0 Å². The maximum absolute atomic E-state index is 6.31. The Balaban J connectivity index is 2.04. The number of furan rings is 1. The lowest BCUT2D eigenvalue weighted by molar-refractivity contribution is 0.329. The van der Waals surface area contributed by atoms with E-state index in [-0.39, 0.29) is 11.0 Å². The van der Waals surface area contributed by atoms with Gasteiger partial charge < -0.3 is 9.32 Å². The van der Waals surface area contributed by atoms with Crippen LogP contribution in [-0.4, -0.2) is 16.6 Å². The van der Waals surface area contributed by atoms with Gasteiger partial charge in [-0.1, -0.05) is 26.0 Å². The van der Waals surface area contributed by atoms with Crippen molar-refractivity contribution in [2.24, 2.45) is 5.41 Å². The third-order valence-electron chi connectivity index (χ3n) is 6.12. The minimum Gasteiger partial charge on any atom is -0.436 e. The monoisotopic (exact) mass is 336 g/mol. The summed E-state index contributed by atoms with van der Waals surface area (Å²) in [4.78, 5) is 7.19. The highest BCUT2D eigenvalue weighted by atomic mass is 16.3. The number of anilines is 1. The molecule has 132 valence electrons. The highest BCUT2D eigenvalue weighted by molar-refractivity contribution is 6.08. The largest absolute Gasteiger partial charge is 0.436 e. The molecule has 1 aromatic carbocycles. The lowest BCUT2D eigenvalue weighted by Crippen LogP contribution is -2.43. The lowest BCUT2D eigenvalue weighted by atomic mass is 9.82. The first-order valence-electron chi connectivity index (χ1n) is 9.21. The minimum atomic E-state index is 0.0876. The fraction of sp³-hybridized carbons (Fsp3) is 0.500. The molecule has 1 saturated heterocycles. The molecule has 3 heteroatoms. The van der Waals surface area contributed by atoms with Crippen LogP contribution in [0.25, 0.3) is 22.1 Å². The number of fused-ring (bicyclic) bond motifs is 3. The molecule has 1 aliphatic heterocycles. The van der Waals surface area contributed by atoms with Gasteiger partial charge in [0.15, 0.2) is 5.58 Å². The van der Waals surface area contributed by atoms with E-state index >= 15 is 0 Å². The number of aryl methyl sites for hydroxylation is 2. The van der Waals surface area contributed by atoms with Crippen LogP contribution in [0.1, 0.15) is 52.3 Å². The van der Waals surface area contributed by atoms with Gasteiger partial charge in [-0.25, -0.2) is 4.98 Å². The Morgan fingerprint density at radius 1 is 1.04 bits per heavy atom. The molecular formula is C22H28N2O. The van der Waals surface area contributed by atoms with Gasteiger partial charge >= 0.3 is 0 Å². The van der Waals surface area contributed by atoms with E-state index in [9.17, 15) is 0 Å². The molecule has 3 aromatic rings. The summed E-state index contributed by atoms with van der Waals surface area (Å²) in [5.74, 6) is 0. The number of hydrogen-bond acceptors (Lipinski definition) is 3. The van der Waals surface area contributed by atoms with E-state index in [4.69, 9.17) is 4.42 Å². The predicted molar refractivity (Wildman–Crippen MR) is 105 cm³/mol. The topological polar surface area (TPSA) is 29.3 Å². The van der Waals surface area contributed by atoms with Crippen LogP contribution in [-0.2, 0) is 0 Å². The molecule has 0 bridgehead atoms. The normalized spacial score (nSPS) is 22.2. The Labute approximate surface area is 150 Å². The third-order valence-corrected chi connectivity index (χ3v) is 6.12. The van der Waals surface area contributed by atoms with E-state index in [1.165, 1.54) is 11.3 Å². The molecule has 0 saturated carbocycles. The molecule has 1 fully saturated rings. The average Bonchev–Trinajstić information content (AvgIpc) is 2.92. The molecule has 1 atom stereocenters. The van der Waals surface area contributed by atoms with Gasteiger partial charge in [-0.05, 0) is 64.2 Å². The van der Waals surface area contributed by atoms with Gasteiger partial charge in [-0.3, -0.25) is 0 Å². The van der Waals surface area contributed by atoms with Crippen molar-refractivity contribution in [3.05, 3.63) is 35.5 Å². The van der Waals surface area contributed by atoms with Crippen LogP contribution in [0, 0.1) is 19.3 Å². The Morgan fingerprint density at radius 3 is 2.36 bits per heavy atom. The number of nitrogens with zero attached hydrogens (tertiary/aromatic N) is 2. The minimum absolute atomic E-state index is 0.0876. The van der Waals surface area contributed by atoms with E-state index in [0.29, 0.717) is 6.04 Å². The number of aromatic nitrogens is 1. The van der Waals surface area contributed by atoms with Crippen molar-refractivity contribution in [3.8, 4) is 0 Å². The van der Waals surface area contributed by atoms with Gasteiger partial charge in [0, 0.05) is 28.0 Å². The number of hydrogen-bond donors (Lipinski definition) is 0. The Hall–Kier alpha value is -2.03. The van der Waals surface area contributed by atoms with Crippen molar-refractivity contribution in [2.75, 3.05) is 4.90 Å². The van der Waals surface area contributed by atoms with Crippen molar-refractivity contribution in [3.63, 3.8) is 0 Å². The summed E-state index contributed by atoms with van der Waals surface area (Å²) in [6.45, 7) is 16.0. The van der Waals surface area contributed by atoms with E-state index in [1.54, 1.807) is 0 Å². The van der Waals surface area contributed by atoms with Crippen molar-refractivity contribution in [1.29, 1.82) is 0 Å². The number of rotatable bonds is 1. The second-order valence-electron chi connectivity index (χ2n) is 9.04. The molecule has 0 amide bonds. The van der Waals surface area contributed by atoms with Crippen LogP contribution in [0.4, 0.5) is 5.69 Å². The van der Waals surface area contributed by atoms with Gasteiger partial charge in [-0.2, -0.15) is 0 Å². The van der Waals surface area contributed by atoms with Crippen LogP contribution in [0.2, 0.25) is 0 Å². The fourth-order valence-electron chi connectivity index (χ4n) is 4.91. The maximum atomic E-state index is 6.31. The first kappa shape index (κ1) is 16.4. The van der Waals surface area contributed by atoms with Gasteiger partial charge in [0.2, 0.25) is 5.71 Å². The second-order valence-corrected chi connectivity index (χ2v) is 9.04. The first-order chi connectivity index (χ1) is 11.6. The molecule has 0 spiro atoms. The Morgan fingerprint density at radius 2 is 1.72 bits per heavy atom. The number of pyridine rings is 1. The summed E-state index contributed by atoms with van der Waals surface area (Å²) < 4.78 is 6.31. The van der Waals surface area contributed by atoms with E-state index in [1.807, 2.05) is 6.92 Å². The molecule has 2 aromatic heterocycles. The lowest BCUT2D eigenvalue weighted by Gasteiger charge is -2.38. The molecule has 3 heterocycles. The average molecular weight is 336 g/mol. The van der Waals surface area contributed by atoms with Gasteiger partial charge in [0.1, 0.15) is 0 Å². The highest BCUT2D eigenvalue weighted by Crippen LogP contribution is 2.51. The van der Waals surface area contributed by atoms with E-state index in [0.717, 1.165) is 34.2 Å². The zero-order valence-electron chi connectivity index (χ0n) is 16.4. The van der Waals surface area contributed by atoms with Gasteiger partial charge in [0.05, 0.1) is 5.69 Å².